The number of benzene rings is 1. The molecule has 0 bridgehead atoms. The van der Waals surface area contributed by atoms with Gasteiger partial charge in [0.1, 0.15) is 18.2 Å². The zero-order chi connectivity index (χ0) is 21.5. The van der Waals surface area contributed by atoms with Crippen LogP contribution in [-0.4, -0.2) is 55.3 Å². The van der Waals surface area contributed by atoms with Crippen LogP contribution in [0.15, 0.2) is 29.1 Å². The van der Waals surface area contributed by atoms with Crippen LogP contribution >= 0.6 is 0 Å². The number of ether oxygens (including phenoxy) is 3. The molecule has 1 saturated heterocycles. The van der Waals surface area contributed by atoms with Gasteiger partial charge in [0, 0.05) is 12.8 Å². The number of H-pyrrole nitrogens is 1. The number of nitrogens with zero attached hydrogens (tertiary/aromatic N) is 3. The molecule has 162 valence electrons. The highest BCUT2D eigenvalue weighted by Crippen LogP contribution is 2.34. The molecule has 31 heavy (non-hydrogen) atoms. The lowest BCUT2D eigenvalue weighted by molar-refractivity contribution is -0.0439. The van der Waals surface area contributed by atoms with Crippen molar-refractivity contribution in [2.45, 2.75) is 31.3 Å². The third kappa shape index (κ3) is 3.52. The highest BCUT2D eigenvalue weighted by atomic mass is 16.7. The number of aliphatic hydroxyl groups is 2. The van der Waals surface area contributed by atoms with Gasteiger partial charge < -0.3 is 30.2 Å². The molecule has 2 aliphatic rings. The molecule has 5 rings (SSSR count). The van der Waals surface area contributed by atoms with Crippen LogP contribution in [0.2, 0.25) is 0 Å². The minimum atomic E-state index is -0.844. The predicted octanol–water partition coefficient (Wildman–Crippen LogP) is 0.327. The van der Waals surface area contributed by atoms with Crippen LogP contribution in [0.1, 0.15) is 24.0 Å². The van der Waals surface area contributed by atoms with Crippen molar-refractivity contribution < 1.29 is 24.4 Å². The first-order valence-corrected chi connectivity index (χ1v) is 9.80. The largest absolute Gasteiger partial charge is 0.454 e. The van der Waals surface area contributed by atoms with E-state index in [1.807, 2.05) is 30.4 Å². The SMILES string of the molecule is Nc1nc2c(nc(C/C=C/c3ccc4c(c3)OCO4)n2[C@H]2C[C@H](O)[C@@H](CO)O2)c(=O)[nH]1. The van der Waals surface area contributed by atoms with Crippen molar-refractivity contribution in [3.63, 3.8) is 0 Å². The highest BCUT2D eigenvalue weighted by molar-refractivity contribution is 5.72. The van der Waals surface area contributed by atoms with Crippen molar-refractivity contribution in [2.24, 2.45) is 0 Å². The molecule has 11 heteroatoms. The number of aromatic amines is 1. The Morgan fingerprint density at radius 1 is 1.29 bits per heavy atom. The molecule has 0 saturated carbocycles. The second-order valence-corrected chi connectivity index (χ2v) is 7.36. The monoisotopic (exact) mass is 427 g/mol. The second kappa shape index (κ2) is 7.69. The van der Waals surface area contributed by atoms with E-state index in [1.54, 1.807) is 4.57 Å². The van der Waals surface area contributed by atoms with Crippen molar-refractivity contribution in [1.29, 1.82) is 0 Å². The summed E-state index contributed by atoms with van der Waals surface area (Å²) in [6.45, 7) is -0.112. The third-order valence-electron chi connectivity index (χ3n) is 5.32. The molecular formula is C20H21N5O6. The summed E-state index contributed by atoms with van der Waals surface area (Å²) in [6, 6.07) is 5.62. The fourth-order valence-electron chi connectivity index (χ4n) is 3.85. The van der Waals surface area contributed by atoms with E-state index in [-0.39, 0.29) is 36.9 Å². The van der Waals surface area contributed by atoms with Gasteiger partial charge in [-0.3, -0.25) is 14.3 Å². The van der Waals surface area contributed by atoms with Gasteiger partial charge in [-0.1, -0.05) is 18.2 Å². The van der Waals surface area contributed by atoms with Crippen LogP contribution in [0.5, 0.6) is 11.5 Å². The molecule has 2 aliphatic heterocycles. The van der Waals surface area contributed by atoms with E-state index in [0.29, 0.717) is 23.7 Å². The number of aliphatic hydroxyl groups excluding tert-OH is 2. The van der Waals surface area contributed by atoms with E-state index in [4.69, 9.17) is 19.9 Å². The van der Waals surface area contributed by atoms with Gasteiger partial charge in [-0.25, -0.2) is 4.98 Å². The van der Waals surface area contributed by atoms with Crippen molar-refractivity contribution in [1.82, 2.24) is 19.5 Å². The summed E-state index contributed by atoms with van der Waals surface area (Å²) in [5.74, 6) is 1.87. The first-order valence-electron chi connectivity index (χ1n) is 9.80. The van der Waals surface area contributed by atoms with Gasteiger partial charge >= 0.3 is 0 Å². The molecule has 0 unspecified atom stereocenters. The number of imidazole rings is 1. The Morgan fingerprint density at radius 3 is 2.94 bits per heavy atom. The fourth-order valence-corrected chi connectivity index (χ4v) is 3.85. The van der Waals surface area contributed by atoms with Gasteiger partial charge in [-0.05, 0) is 17.7 Å². The maximum atomic E-state index is 12.3. The van der Waals surface area contributed by atoms with Crippen molar-refractivity contribution in [2.75, 3.05) is 19.1 Å². The van der Waals surface area contributed by atoms with Gasteiger partial charge in [0.15, 0.2) is 22.7 Å². The molecule has 0 spiro atoms. The Labute approximate surface area is 175 Å². The fraction of sp³-hybridized carbons (Fsp3) is 0.350. The topological polar surface area (TPSA) is 158 Å². The summed E-state index contributed by atoms with van der Waals surface area (Å²) >= 11 is 0. The number of nitrogens with one attached hydrogen (secondary N) is 1. The van der Waals surface area contributed by atoms with E-state index in [1.165, 1.54) is 0 Å². The van der Waals surface area contributed by atoms with Crippen molar-refractivity contribution >= 4 is 23.2 Å². The van der Waals surface area contributed by atoms with E-state index < -0.39 is 24.0 Å². The molecule has 11 nitrogen and oxygen atoms in total. The molecule has 1 aromatic carbocycles. The van der Waals surface area contributed by atoms with Crippen LogP contribution in [0, 0.1) is 0 Å². The normalized spacial score (nSPS) is 22.7. The predicted molar refractivity (Wildman–Crippen MR) is 109 cm³/mol. The van der Waals surface area contributed by atoms with Crippen molar-refractivity contribution in [3.8, 4) is 11.5 Å². The molecular weight excluding hydrogens is 406 g/mol. The minimum absolute atomic E-state index is 0.0432. The zero-order valence-electron chi connectivity index (χ0n) is 16.4. The van der Waals surface area contributed by atoms with Crippen molar-refractivity contribution in [3.05, 3.63) is 46.0 Å². The number of allylic oxidation sites excluding steroid dienone is 1. The first kappa shape index (κ1) is 19.5. The van der Waals surface area contributed by atoms with Gasteiger partial charge in [0.2, 0.25) is 12.7 Å². The number of hydrogen-bond acceptors (Lipinski definition) is 9. The van der Waals surface area contributed by atoms with Gasteiger partial charge in [-0.2, -0.15) is 4.98 Å². The summed E-state index contributed by atoms with van der Waals surface area (Å²) in [6.07, 6.45) is 2.18. The van der Waals surface area contributed by atoms with E-state index in [9.17, 15) is 15.0 Å². The highest BCUT2D eigenvalue weighted by Gasteiger charge is 2.36. The van der Waals surface area contributed by atoms with Crippen LogP contribution in [0.3, 0.4) is 0 Å². The lowest BCUT2D eigenvalue weighted by Crippen LogP contribution is -2.24. The molecule has 3 atom stereocenters. The average Bonchev–Trinajstić information content (AvgIpc) is 3.44. The van der Waals surface area contributed by atoms with E-state index in [0.717, 1.165) is 5.56 Å². The van der Waals surface area contributed by atoms with Crippen LogP contribution in [-0.2, 0) is 11.2 Å². The van der Waals surface area contributed by atoms with Gasteiger partial charge in [0.25, 0.3) is 5.56 Å². The summed E-state index contributed by atoms with van der Waals surface area (Å²) in [5.41, 5.74) is 6.58. The summed E-state index contributed by atoms with van der Waals surface area (Å²) < 4.78 is 18.2. The van der Waals surface area contributed by atoms with Crippen LogP contribution in [0.4, 0.5) is 5.95 Å². The van der Waals surface area contributed by atoms with E-state index in [2.05, 4.69) is 15.0 Å². The standard InChI is InChI=1S/C20H21N5O6/c21-20-23-18-17(19(28)24-20)22-15(25(18)16-7-11(27)14(8-26)31-16)3-1-2-10-4-5-12-13(6-10)30-9-29-12/h1-2,4-6,11,14,16,26-27H,3,7-9H2,(H3,21,23,24,28)/b2-1+/t11-,14+,16+/m0/s1. The molecule has 1 fully saturated rings. The Hall–Kier alpha value is -3.41. The lowest BCUT2D eigenvalue weighted by atomic mass is 10.1. The first-order chi connectivity index (χ1) is 15.0. The molecule has 4 heterocycles. The average molecular weight is 427 g/mol. The maximum Gasteiger partial charge on any atom is 0.280 e. The number of aromatic nitrogens is 4. The quantitative estimate of drug-likeness (QED) is 0.450. The summed E-state index contributed by atoms with van der Waals surface area (Å²) in [4.78, 5) is 23.5. The zero-order valence-corrected chi connectivity index (χ0v) is 16.4. The second-order valence-electron chi connectivity index (χ2n) is 7.36. The van der Waals surface area contributed by atoms with E-state index >= 15 is 0 Å². The number of nitrogen functional groups attached to an aromatic ring is 1. The van der Waals surface area contributed by atoms with Gasteiger partial charge in [-0.15, -0.1) is 0 Å². The smallest absolute Gasteiger partial charge is 0.280 e. The van der Waals surface area contributed by atoms with Crippen LogP contribution < -0.4 is 20.8 Å². The Balaban J connectivity index is 1.49. The Bertz CT molecular complexity index is 1220. The van der Waals surface area contributed by atoms with Crippen LogP contribution in [0.25, 0.3) is 17.2 Å². The molecule has 0 aliphatic carbocycles. The minimum Gasteiger partial charge on any atom is -0.454 e. The maximum absolute atomic E-state index is 12.3. The number of fused-ring (bicyclic) bond motifs is 2. The number of nitrogens with two attached hydrogens (primary N) is 1. The number of anilines is 1. The Kier molecular flexibility index (Phi) is 4.85. The number of hydrogen-bond donors (Lipinski definition) is 4. The molecule has 3 aromatic rings. The Morgan fingerprint density at radius 2 is 2.13 bits per heavy atom. The molecule has 0 amide bonds. The summed E-state index contributed by atoms with van der Waals surface area (Å²) in [7, 11) is 0. The van der Waals surface area contributed by atoms with Gasteiger partial charge in [0.05, 0.1) is 12.7 Å². The lowest BCUT2D eigenvalue weighted by Gasteiger charge is -2.16. The third-order valence-corrected chi connectivity index (χ3v) is 5.32. The molecule has 2 aromatic heterocycles. The molecule has 5 N–H and O–H groups in total. The summed E-state index contributed by atoms with van der Waals surface area (Å²) in [5, 5.41) is 19.6. The molecule has 0 radical (unpaired) electrons. The number of rotatable bonds is 5.